The molecular formula is C15H20N4O. The fourth-order valence-corrected chi connectivity index (χ4v) is 2.57. The number of nitrogens with two attached hydrogens (primary N) is 1. The average Bonchev–Trinajstić information content (AvgIpc) is 2.89. The maximum atomic E-state index is 5.69. The third-order valence-electron chi connectivity index (χ3n) is 3.66. The number of nitrogens with zero attached hydrogens (tertiary/aromatic N) is 3. The van der Waals surface area contributed by atoms with Crippen LogP contribution in [0.25, 0.3) is 0 Å². The summed E-state index contributed by atoms with van der Waals surface area (Å²) < 4.78 is 7.73. The maximum absolute atomic E-state index is 5.69. The molecule has 1 aromatic heterocycles. The van der Waals surface area contributed by atoms with Crippen LogP contribution in [0.5, 0.6) is 5.75 Å². The minimum Gasteiger partial charge on any atom is -0.494 e. The minimum absolute atomic E-state index is 0.679. The van der Waals surface area contributed by atoms with E-state index < -0.39 is 0 Å². The molecule has 0 aliphatic heterocycles. The molecule has 0 atom stereocenters. The standard InChI is InChI=1S/C15H20N4O/c16-12-6-8-13(9-7-12)20-11-3-10-19-15-5-2-1-4-14(15)17-18-19/h6-9H,1-5,10-11,16H2. The van der Waals surface area contributed by atoms with Gasteiger partial charge in [0.05, 0.1) is 18.0 Å². The molecule has 106 valence electrons. The van der Waals surface area contributed by atoms with Crippen LogP contribution in [0.4, 0.5) is 5.69 Å². The number of anilines is 1. The molecular weight excluding hydrogens is 252 g/mol. The zero-order valence-electron chi connectivity index (χ0n) is 11.6. The summed E-state index contributed by atoms with van der Waals surface area (Å²) >= 11 is 0. The lowest BCUT2D eigenvalue weighted by atomic mass is 10.0. The zero-order chi connectivity index (χ0) is 13.8. The molecule has 1 aromatic carbocycles. The van der Waals surface area contributed by atoms with Gasteiger partial charge in [0, 0.05) is 18.7 Å². The molecule has 0 saturated heterocycles. The molecule has 2 aromatic rings. The summed E-state index contributed by atoms with van der Waals surface area (Å²) in [6, 6.07) is 7.49. The highest BCUT2D eigenvalue weighted by Gasteiger charge is 2.16. The number of benzene rings is 1. The van der Waals surface area contributed by atoms with Crippen LogP contribution >= 0.6 is 0 Å². The van der Waals surface area contributed by atoms with Crippen LogP contribution in [0.15, 0.2) is 24.3 Å². The van der Waals surface area contributed by atoms with E-state index in [1.165, 1.54) is 24.2 Å². The van der Waals surface area contributed by atoms with Crippen molar-refractivity contribution in [2.45, 2.75) is 38.6 Å². The highest BCUT2D eigenvalue weighted by molar-refractivity contribution is 5.41. The van der Waals surface area contributed by atoms with Crippen molar-refractivity contribution in [3.8, 4) is 5.75 Å². The molecule has 0 unspecified atom stereocenters. The van der Waals surface area contributed by atoms with Crippen molar-refractivity contribution in [2.75, 3.05) is 12.3 Å². The van der Waals surface area contributed by atoms with Gasteiger partial charge in [-0.25, -0.2) is 4.68 Å². The van der Waals surface area contributed by atoms with Crippen LogP contribution in [0.3, 0.4) is 0 Å². The normalized spacial score (nSPS) is 14.0. The number of ether oxygens (including phenoxy) is 1. The quantitative estimate of drug-likeness (QED) is 0.669. The van der Waals surface area contributed by atoms with Gasteiger partial charge in [-0.3, -0.25) is 0 Å². The Hall–Kier alpha value is -2.04. The number of hydrogen-bond donors (Lipinski definition) is 1. The Balaban J connectivity index is 1.48. The first-order chi connectivity index (χ1) is 9.83. The van der Waals surface area contributed by atoms with Crippen LogP contribution < -0.4 is 10.5 Å². The third-order valence-corrected chi connectivity index (χ3v) is 3.66. The van der Waals surface area contributed by atoms with Crippen molar-refractivity contribution >= 4 is 5.69 Å². The van der Waals surface area contributed by atoms with Gasteiger partial charge < -0.3 is 10.5 Å². The lowest BCUT2D eigenvalue weighted by molar-refractivity contribution is 0.296. The molecule has 1 aliphatic carbocycles. The van der Waals surface area contributed by atoms with Crippen molar-refractivity contribution in [3.63, 3.8) is 0 Å². The summed E-state index contributed by atoms with van der Waals surface area (Å²) in [5.74, 6) is 0.861. The van der Waals surface area contributed by atoms with Crippen LogP contribution in [0, 0.1) is 0 Å². The summed E-state index contributed by atoms with van der Waals surface area (Å²) in [7, 11) is 0. The van der Waals surface area contributed by atoms with E-state index in [1.54, 1.807) is 0 Å². The summed E-state index contributed by atoms with van der Waals surface area (Å²) in [6.45, 7) is 1.55. The van der Waals surface area contributed by atoms with E-state index in [4.69, 9.17) is 10.5 Å². The lowest BCUT2D eigenvalue weighted by Gasteiger charge is -2.12. The minimum atomic E-state index is 0.679. The van der Waals surface area contributed by atoms with Gasteiger partial charge in [0.25, 0.3) is 0 Å². The predicted octanol–water partition coefficient (Wildman–Crippen LogP) is 2.21. The van der Waals surface area contributed by atoms with E-state index in [0.717, 1.165) is 37.2 Å². The number of aromatic nitrogens is 3. The summed E-state index contributed by atoms with van der Waals surface area (Å²) in [6.07, 6.45) is 5.62. The van der Waals surface area contributed by atoms with Crippen molar-refractivity contribution < 1.29 is 4.74 Å². The maximum Gasteiger partial charge on any atom is 0.119 e. The van der Waals surface area contributed by atoms with Gasteiger partial charge in [-0.2, -0.15) is 0 Å². The van der Waals surface area contributed by atoms with Gasteiger partial charge in [0.15, 0.2) is 0 Å². The van der Waals surface area contributed by atoms with Gasteiger partial charge in [0.1, 0.15) is 5.75 Å². The van der Waals surface area contributed by atoms with Crippen LogP contribution in [0.2, 0.25) is 0 Å². The number of nitrogen functional groups attached to an aromatic ring is 1. The molecule has 5 nitrogen and oxygen atoms in total. The number of rotatable bonds is 5. The van der Waals surface area contributed by atoms with E-state index in [9.17, 15) is 0 Å². The Kier molecular flexibility index (Phi) is 3.85. The first-order valence-electron chi connectivity index (χ1n) is 7.22. The summed E-state index contributed by atoms with van der Waals surface area (Å²) in [4.78, 5) is 0. The number of aryl methyl sites for hydroxylation is 2. The van der Waals surface area contributed by atoms with Crippen LogP contribution in [0.1, 0.15) is 30.7 Å². The van der Waals surface area contributed by atoms with Crippen molar-refractivity contribution in [2.24, 2.45) is 0 Å². The lowest BCUT2D eigenvalue weighted by Crippen LogP contribution is -2.11. The van der Waals surface area contributed by atoms with Gasteiger partial charge >= 0.3 is 0 Å². The smallest absolute Gasteiger partial charge is 0.119 e. The Morgan fingerprint density at radius 1 is 1.15 bits per heavy atom. The van der Waals surface area contributed by atoms with Crippen molar-refractivity contribution in [3.05, 3.63) is 35.7 Å². The monoisotopic (exact) mass is 272 g/mol. The Bertz CT molecular complexity index is 562. The Labute approximate surface area is 118 Å². The number of hydrogen-bond acceptors (Lipinski definition) is 4. The van der Waals surface area contributed by atoms with Gasteiger partial charge in [-0.1, -0.05) is 5.21 Å². The Morgan fingerprint density at radius 3 is 2.80 bits per heavy atom. The van der Waals surface area contributed by atoms with Crippen LogP contribution in [-0.4, -0.2) is 21.6 Å². The molecule has 0 amide bonds. The average molecular weight is 272 g/mol. The molecule has 0 saturated carbocycles. The molecule has 3 rings (SSSR count). The summed E-state index contributed by atoms with van der Waals surface area (Å²) in [5, 5.41) is 8.51. The highest BCUT2D eigenvalue weighted by Crippen LogP contribution is 2.19. The zero-order valence-corrected chi connectivity index (χ0v) is 11.6. The van der Waals surface area contributed by atoms with E-state index in [1.807, 2.05) is 28.9 Å². The molecule has 5 heteroatoms. The summed E-state index contributed by atoms with van der Waals surface area (Å²) in [5.41, 5.74) is 8.91. The second-order valence-electron chi connectivity index (χ2n) is 5.18. The predicted molar refractivity (Wildman–Crippen MR) is 77.6 cm³/mol. The molecule has 20 heavy (non-hydrogen) atoms. The highest BCUT2D eigenvalue weighted by atomic mass is 16.5. The second-order valence-corrected chi connectivity index (χ2v) is 5.18. The molecule has 1 aliphatic rings. The molecule has 0 fully saturated rings. The fourth-order valence-electron chi connectivity index (χ4n) is 2.57. The molecule has 2 N–H and O–H groups in total. The fraction of sp³-hybridized carbons (Fsp3) is 0.467. The van der Waals surface area contributed by atoms with Crippen LogP contribution in [-0.2, 0) is 19.4 Å². The number of fused-ring (bicyclic) bond motifs is 1. The molecule has 0 radical (unpaired) electrons. The third kappa shape index (κ3) is 2.92. The SMILES string of the molecule is Nc1ccc(OCCCn2nnc3c2CCCC3)cc1. The largest absolute Gasteiger partial charge is 0.494 e. The van der Waals surface area contributed by atoms with Gasteiger partial charge in [-0.15, -0.1) is 5.10 Å². The Morgan fingerprint density at radius 2 is 1.95 bits per heavy atom. The van der Waals surface area contributed by atoms with E-state index >= 15 is 0 Å². The molecule has 0 spiro atoms. The van der Waals surface area contributed by atoms with E-state index in [2.05, 4.69) is 10.3 Å². The van der Waals surface area contributed by atoms with Crippen molar-refractivity contribution in [1.29, 1.82) is 0 Å². The second kappa shape index (κ2) is 5.94. The van der Waals surface area contributed by atoms with E-state index in [0.29, 0.717) is 6.61 Å². The van der Waals surface area contributed by atoms with Gasteiger partial charge in [-0.05, 0) is 49.9 Å². The molecule has 0 bridgehead atoms. The first kappa shape index (κ1) is 13.0. The first-order valence-corrected chi connectivity index (χ1v) is 7.22. The van der Waals surface area contributed by atoms with Gasteiger partial charge in [0.2, 0.25) is 0 Å². The topological polar surface area (TPSA) is 66.0 Å². The van der Waals surface area contributed by atoms with E-state index in [-0.39, 0.29) is 0 Å². The molecule has 1 heterocycles. The van der Waals surface area contributed by atoms with Crippen molar-refractivity contribution in [1.82, 2.24) is 15.0 Å².